The summed E-state index contributed by atoms with van der Waals surface area (Å²) >= 11 is 0. The molecule has 0 fully saturated rings. The molecule has 0 aliphatic rings. The van der Waals surface area contributed by atoms with E-state index in [2.05, 4.69) is 4.99 Å². The van der Waals surface area contributed by atoms with Gasteiger partial charge in [-0.05, 0) is 46.6 Å². The maximum atomic E-state index is 12.7. The average Bonchev–Trinajstić information content (AvgIpc) is 2.50. The van der Waals surface area contributed by atoms with Gasteiger partial charge in [-0.25, -0.2) is 8.78 Å². The van der Waals surface area contributed by atoms with Crippen molar-refractivity contribution in [3.63, 3.8) is 0 Å². The highest BCUT2D eigenvalue weighted by Gasteiger charge is 2.54. The highest BCUT2D eigenvalue weighted by Crippen LogP contribution is 2.35. The molecule has 0 aliphatic carbocycles. The van der Waals surface area contributed by atoms with Crippen molar-refractivity contribution in [1.29, 1.82) is 0 Å². The van der Waals surface area contributed by atoms with E-state index in [1.807, 2.05) is 25.4 Å². The first-order valence-electron chi connectivity index (χ1n) is 7.91. The summed E-state index contributed by atoms with van der Waals surface area (Å²) in [4.78, 5) is 4.08. The monoisotopic (exact) mass is 341 g/mol. The number of halogens is 4. The quantitative estimate of drug-likeness (QED) is 0.356. The number of nitrogens with two attached hydrogens (primary N) is 2. The minimum atomic E-state index is -4.01. The van der Waals surface area contributed by atoms with E-state index in [9.17, 15) is 17.6 Å². The molecule has 138 valence electrons. The lowest BCUT2D eigenvalue weighted by Crippen LogP contribution is -2.52. The molecule has 0 radical (unpaired) electrons. The molecule has 2 unspecified atom stereocenters. The van der Waals surface area contributed by atoms with Gasteiger partial charge in [-0.3, -0.25) is 4.99 Å². The van der Waals surface area contributed by atoms with Gasteiger partial charge < -0.3 is 11.5 Å². The van der Waals surface area contributed by atoms with Gasteiger partial charge in [0.15, 0.2) is 11.8 Å². The molecule has 2 atom stereocenters. The van der Waals surface area contributed by atoms with Crippen molar-refractivity contribution in [2.24, 2.45) is 16.5 Å². The lowest BCUT2D eigenvalue weighted by molar-refractivity contribution is -0.164. The van der Waals surface area contributed by atoms with Gasteiger partial charge in [0.25, 0.3) is 0 Å². The Morgan fingerprint density at radius 3 is 2.04 bits per heavy atom. The molecule has 0 bridgehead atoms. The number of rotatable bonds is 10. The second-order valence-electron chi connectivity index (χ2n) is 5.45. The SMILES string of the molecule is C/C=C\N=CCCCCCCN.CC(F)C(F)(F)C(C)(F)CN. The second kappa shape index (κ2) is 13.5. The van der Waals surface area contributed by atoms with Gasteiger partial charge in [0.2, 0.25) is 0 Å². The van der Waals surface area contributed by atoms with Crippen molar-refractivity contribution in [2.75, 3.05) is 13.1 Å². The molecule has 23 heavy (non-hydrogen) atoms. The van der Waals surface area contributed by atoms with Gasteiger partial charge in [-0.2, -0.15) is 8.78 Å². The predicted molar refractivity (Wildman–Crippen MR) is 89.5 cm³/mol. The third-order valence-corrected chi connectivity index (χ3v) is 3.21. The fourth-order valence-corrected chi connectivity index (χ4v) is 1.51. The minimum Gasteiger partial charge on any atom is -0.330 e. The van der Waals surface area contributed by atoms with Crippen LogP contribution in [0.15, 0.2) is 17.3 Å². The van der Waals surface area contributed by atoms with Crippen molar-refractivity contribution in [2.45, 2.75) is 70.6 Å². The van der Waals surface area contributed by atoms with Crippen molar-refractivity contribution < 1.29 is 17.6 Å². The summed E-state index contributed by atoms with van der Waals surface area (Å²) in [5.74, 6) is -4.01. The summed E-state index contributed by atoms with van der Waals surface area (Å²) in [6.07, 6.45) is 9.23. The molecule has 0 aromatic heterocycles. The zero-order valence-electron chi connectivity index (χ0n) is 14.4. The van der Waals surface area contributed by atoms with Crippen molar-refractivity contribution in [1.82, 2.24) is 0 Å². The predicted octanol–water partition coefficient (Wildman–Crippen LogP) is 4.17. The Bertz CT molecular complexity index is 329. The summed E-state index contributed by atoms with van der Waals surface area (Å²) in [5, 5.41) is 0. The number of aliphatic imine (C=N–C) groups is 1. The zero-order chi connectivity index (χ0) is 18.4. The second-order valence-corrected chi connectivity index (χ2v) is 5.45. The molecule has 0 saturated heterocycles. The van der Waals surface area contributed by atoms with Crippen LogP contribution in [-0.2, 0) is 0 Å². The van der Waals surface area contributed by atoms with Gasteiger partial charge in [-0.1, -0.05) is 18.9 Å². The molecule has 0 aliphatic heterocycles. The van der Waals surface area contributed by atoms with Gasteiger partial charge in [0.05, 0.1) is 0 Å². The highest BCUT2D eigenvalue weighted by atomic mass is 19.3. The van der Waals surface area contributed by atoms with E-state index >= 15 is 0 Å². The van der Waals surface area contributed by atoms with Crippen LogP contribution < -0.4 is 11.5 Å². The normalized spacial score (nSPS) is 16.2. The number of hydrogen-bond acceptors (Lipinski definition) is 3. The summed E-state index contributed by atoms with van der Waals surface area (Å²) in [6, 6.07) is 0. The van der Waals surface area contributed by atoms with Gasteiger partial charge in [0, 0.05) is 19.0 Å². The van der Waals surface area contributed by atoms with Crippen LogP contribution in [0.5, 0.6) is 0 Å². The maximum Gasteiger partial charge on any atom is 0.312 e. The van der Waals surface area contributed by atoms with E-state index in [4.69, 9.17) is 11.5 Å². The van der Waals surface area contributed by atoms with Crippen LogP contribution in [0.2, 0.25) is 0 Å². The van der Waals surface area contributed by atoms with Crippen LogP contribution in [0.1, 0.15) is 52.9 Å². The van der Waals surface area contributed by atoms with Gasteiger partial charge in [-0.15, -0.1) is 0 Å². The van der Waals surface area contributed by atoms with Gasteiger partial charge in [0.1, 0.15) is 0 Å². The smallest absolute Gasteiger partial charge is 0.312 e. The van der Waals surface area contributed by atoms with E-state index in [1.54, 1.807) is 0 Å². The lowest BCUT2D eigenvalue weighted by atomic mass is 9.97. The molecule has 0 aromatic rings. The Morgan fingerprint density at radius 2 is 1.65 bits per heavy atom. The molecule has 0 amide bonds. The first-order chi connectivity index (χ1) is 10.7. The first-order valence-corrected chi connectivity index (χ1v) is 7.91. The summed E-state index contributed by atoms with van der Waals surface area (Å²) in [5.41, 5.74) is 7.11. The summed E-state index contributed by atoms with van der Waals surface area (Å²) in [7, 11) is 0. The van der Waals surface area contributed by atoms with Crippen LogP contribution in [0, 0.1) is 0 Å². The molecule has 0 heterocycles. The lowest BCUT2D eigenvalue weighted by Gasteiger charge is -2.29. The molecule has 4 N–H and O–H groups in total. The minimum absolute atomic E-state index is 0.586. The fourth-order valence-electron chi connectivity index (χ4n) is 1.51. The van der Waals surface area contributed by atoms with Crippen LogP contribution in [0.4, 0.5) is 17.6 Å². The van der Waals surface area contributed by atoms with Gasteiger partial charge >= 0.3 is 5.92 Å². The molecule has 0 spiro atoms. The Kier molecular flexibility index (Phi) is 14.3. The maximum absolute atomic E-state index is 12.7. The van der Waals surface area contributed by atoms with E-state index in [0.29, 0.717) is 13.8 Å². The molecule has 0 aromatic carbocycles. The van der Waals surface area contributed by atoms with Crippen molar-refractivity contribution >= 4 is 6.21 Å². The van der Waals surface area contributed by atoms with Crippen molar-refractivity contribution in [3.8, 4) is 0 Å². The van der Waals surface area contributed by atoms with Crippen LogP contribution in [0.3, 0.4) is 0 Å². The molecular formula is C16H31F4N3. The molecule has 0 rings (SSSR count). The fraction of sp³-hybridized carbons (Fsp3) is 0.812. The topological polar surface area (TPSA) is 64.4 Å². The van der Waals surface area contributed by atoms with Crippen LogP contribution in [-0.4, -0.2) is 37.1 Å². The van der Waals surface area contributed by atoms with E-state index < -0.39 is 24.3 Å². The van der Waals surface area contributed by atoms with E-state index in [1.165, 1.54) is 19.3 Å². The molecule has 3 nitrogen and oxygen atoms in total. The van der Waals surface area contributed by atoms with Crippen LogP contribution >= 0.6 is 0 Å². The third kappa shape index (κ3) is 11.3. The number of alkyl halides is 4. The Labute approximate surface area is 137 Å². The third-order valence-electron chi connectivity index (χ3n) is 3.21. The summed E-state index contributed by atoms with van der Waals surface area (Å²) < 4.78 is 49.8. The Morgan fingerprint density at radius 1 is 1.09 bits per heavy atom. The molecular weight excluding hydrogens is 310 g/mol. The Balaban J connectivity index is 0. The average molecular weight is 341 g/mol. The Hall–Kier alpha value is -0.950. The first kappa shape index (κ1) is 24.3. The number of allylic oxidation sites excluding steroid dienone is 1. The van der Waals surface area contributed by atoms with Crippen LogP contribution in [0.25, 0.3) is 0 Å². The van der Waals surface area contributed by atoms with E-state index in [0.717, 1.165) is 19.4 Å². The zero-order valence-corrected chi connectivity index (χ0v) is 14.4. The molecule has 7 heteroatoms. The van der Waals surface area contributed by atoms with Crippen molar-refractivity contribution in [3.05, 3.63) is 12.3 Å². The molecule has 0 saturated carbocycles. The number of nitrogens with zero attached hydrogens (tertiary/aromatic N) is 1. The van der Waals surface area contributed by atoms with E-state index in [-0.39, 0.29) is 0 Å². The summed E-state index contributed by atoms with van der Waals surface area (Å²) in [6.45, 7) is 3.09. The largest absolute Gasteiger partial charge is 0.330 e. The highest BCUT2D eigenvalue weighted by molar-refractivity contribution is 5.57. The number of hydrogen-bond donors (Lipinski definition) is 2. The number of unbranched alkanes of at least 4 members (excludes halogenated alkanes) is 4. The standard InChI is InChI=1S/C10H20N2.C6H11F4N/c1-2-9-12-10-7-5-3-4-6-8-11;1-4(7)6(9,10)5(2,8)3-11/h2,9-10H,3-8,11H2,1H3;4H,3,11H2,1-2H3/b9-2-,12-10?;.